The van der Waals surface area contributed by atoms with E-state index in [4.69, 9.17) is 18.0 Å². The second-order valence-electron chi connectivity index (χ2n) is 4.80. The number of nitrogens with zero attached hydrogens (tertiary/aromatic N) is 2. The summed E-state index contributed by atoms with van der Waals surface area (Å²) in [6.07, 6.45) is 0. The zero-order chi connectivity index (χ0) is 14.9. The number of hydrogen-bond donors (Lipinski definition) is 2. The summed E-state index contributed by atoms with van der Waals surface area (Å²) in [6, 6.07) is 3.92. The molecule has 2 rings (SSSR count). The molecule has 0 aliphatic rings. The maximum atomic E-state index is 5.69. The summed E-state index contributed by atoms with van der Waals surface area (Å²) in [4.78, 5) is 10.5. The molecular formula is C14H18N4S2. The normalized spacial score (nSPS) is 12.2. The summed E-state index contributed by atoms with van der Waals surface area (Å²) < 4.78 is 0. The number of nitrogens with one attached hydrogen (secondary N) is 1. The quantitative estimate of drug-likeness (QED) is 0.849. The van der Waals surface area contributed by atoms with Gasteiger partial charge in [0.05, 0.1) is 16.7 Å². The van der Waals surface area contributed by atoms with Crippen LogP contribution in [0, 0.1) is 20.8 Å². The summed E-state index contributed by atoms with van der Waals surface area (Å²) in [5, 5.41) is 4.47. The summed E-state index contributed by atoms with van der Waals surface area (Å²) in [7, 11) is 0. The van der Waals surface area contributed by atoms with E-state index in [1.165, 1.54) is 4.88 Å². The lowest BCUT2D eigenvalue weighted by Crippen LogP contribution is -2.13. The summed E-state index contributed by atoms with van der Waals surface area (Å²) in [6.45, 7) is 8.08. The molecule has 0 aromatic carbocycles. The van der Waals surface area contributed by atoms with Gasteiger partial charge in [0, 0.05) is 16.1 Å². The highest BCUT2D eigenvalue weighted by Crippen LogP contribution is 2.27. The molecule has 20 heavy (non-hydrogen) atoms. The summed E-state index contributed by atoms with van der Waals surface area (Å²) in [5.41, 5.74) is 8.48. The van der Waals surface area contributed by atoms with Crippen LogP contribution in [0.3, 0.4) is 0 Å². The fraction of sp³-hybridized carbons (Fsp3) is 0.357. The molecule has 0 bridgehead atoms. The van der Waals surface area contributed by atoms with Gasteiger partial charge in [0.15, 0.2) is 0 Å². The van der Waals surface area contributed by atoms with Gasteiger partial charge in [-0.1, -0.05) is 12.2 Å². The number of thiocarbonyl (C=S) groups is 1. The monoisotopic (exact) mass is 306 g/mol. The average Bonchev–Trinajstić information content (AvgIpc) is 2.67. The van der Waals surface area contributed by atoms with Crippen LogP contribution in [0.25, 0.3) is 0 Å². The molecule has 2 aromatic rings. The van der Waals surface area contributed by atoms with Crippen LogP contribution in [-0.4, -0.2) is 15.0 Å². The van der Waals surface area contributed by atoms with Gasteiger partial charge in [-0.2, -0.15) is 0 Å². The molecule has 0 saturated heterocycles. The molecule has 6 heteroatoms. The molecule has 0 aliphatic heterocycles. The van der Waals surface area contributed by atoms with Gasteiger partial charge in [-0.3, -0.25) is 0 Å². The van der Waals surface area contributed by atoms with E-state index in [1.54, 1.807) is 11.3 Å². The number of hydrogen-bond acceptors (Lipinski definition) is 5. The fourth-order valence-electron chi connectivity index (χ4n) is 2.12. The third-order valence-electron chi connectivity index (χ3n) is 2.94. The molecule has 0 radical (unpaired) electrons. The van der Waals surface area contributed by atoms with Crippen molar-refractivity contribution in [2.75, 3.05) is 5.32 Å². The first-order valence-corrected chi connectivity index (χ1v) is 7.58. The summed E-state index contributed by atoms with van der Waals surface area (Å²) >= 11 is 6.73. The number of nitrogens with two attached hydrogens (primary N) is 1. The zero-order valence-corrected chi connectivity index (χ0v) is 13.7. The number of aromatic nitrogens is 2. The first-order valence-electron chi connectivity index (χ1n) is 6.35. The van der Waals surface area contributed by atoms with Gasteiger partial charge >= 0.3 is 0 Å². The van der Waals surface area contributed by atoms with Gasteiger partial charge in [-0.05, 0) is 39.8 Å². The van der Waals surface area contributed by atoms with Gasteiger partial charge in [-0.15, -0.1) is 11.3 Å². The van der Waals surface area contributed by atoms with Crippen LogP contribution in [0.15, 0.2) is 12.1 Å². The highest BCUT2D eigenvalue weighted by molar-refractivity contribution is 7.80. The van der Waals surface area contributed by atoms with Crippen molar-refractivity contribution in [3.8, 4) is 0 Å². The van der Waals surface area contributed by atoms with Crippen LogP contribution in [0.5, 0.6) is 0 Å². The predicted octanol–water partition coefficient (Wildman–Crippen LogP) is 3.27. The second kappa shape index (κ2) is 5.85. The maximum absolute atomic E-state index is 5.69. The maximum Gasteiger partial charge on any atom is 0.127 e. The minimum absolute atomic E-state index is 0.148. The van der Waals surface area contributed by atoms with Crippen LogP contribution >= 0.6 is 23.6 Å². The lowest BCUT2D eigenvalue weighted by atomic mass is 10.2. The van der Waals surface area contributed by atoms with Gasteiger partial charge < -0.3 is 11.1 Å². The van der Waals surface area contributed by atoms with E-state index in [-0.39, 0.29) is 6.04 Å². The van der Waals surface area contributed by atoms with Crippen molar-refractivity contribution >= 4 is 34.4 Å². The topological polar surface area (TPSA) is 63.8 Å². The fourth-order valence-corrected chi connectivity index (χ4v) is 3.17. The van der Waals surface area contributed by atoms with E-state index in [1.807, 2.05) is 32.9 Å². The van der Waals surface area contributed by atoms with E-state index >= 15 is 0 Å². The first kappa shape index (κ1) is 14.9. The Labute approximate surface area is 128 Å². The highest BCUT2D eigenvalue weighted by Gasteiger charge is 2.14. The predicted molar refractivity (Wildman–Crippen MR) is 88.5 cm³/mol. The number of pyridine rings is 1. The zero-order valence-electron chi connectivity index (χ0n) is 12.0. The third-order valence-corrected chi connectivity index (χ3v) is 4.43. The Bertz CT molecular complexity index is 649. The van der Waals surface area contributed by atoms with Crippen LogP contribution in [-0.2, 0) is 0 Å². The van der Waals surface area contributed by atoms with Crippen molar-refractivity contribution in [2.24, 2.45) is 5.73 Å². The van der Waals surface area contributed by atoms with Crippen LogP contribution in [0.4, 0.5) is 5.82 Å². The molecule has 1 atom stereocenters. The Balaban J connectivity index is 2.25. The van der Waals surface area contributed by atoms with Crippen LogP contribution in [0.2, 0.25) is 0 Å². The Kier molecular flexibility index (Phi) is 4.35. The molecule has 2 heterocycles. The second-order valence-corrected chi connectivity index (χ2v) is 6.47. The number of aryl methyl sites for hydroxylation is 3. The molecule has 0 fully saturated rings. The van der Waals surface area contributed by atoms with E-state index in [0.29, 0.717) is 4.99 Å². The minimum Gasteiger partial charge on any atom is -0.389 e. The highest BCUT2D eigenvalue weighted by atomic mass is 32.1. The number of rotatable bonds is 4. The van der Waals surface area contributed by atoms with Gasteiger partial charge in [0.25, 0.3) is 0 Å². The molecule has 0 spiro atoms. The molecule has 0 amide bonds. The van der Waals surface area contributed by atoms with Gasteiger partial charge in [0.2, 0.25) is 0 Å². The van der Waals surface area contributed by atoms with E-state index < -0.39 is 0 Å². The molecule has 4 nitrogen and oxygen atoms in total. The molecule has 1 unspecified atom stereocenters. The Morgan fingerprint density at radius 1 is 1.30 bits per heavy atom. The Morgan fingerprint density at radius 2 is 2.00 bits per heavy atom. The Hall–Kier alpha value is -1.53. The van der Waals surface area contributed by atoms with Crippen LogP contribution < -0.4 is 11.1 Å². The number of anilines is 1. The van der Waals surface area contributed by atoms with Crippen molar-refractivity contribution in [3.05, 3.63) is 39.0 Å². The number of thiazole rings is 1. The summed E-state index contributed by atoms with van der Waals surface area (Å²) in [5.74, 6) is 0.783. The van der Waals surface area contributed by atoms with Crippen LogP contribution in [0.1, 0.15) is 39.8 Å². The standard InChI is InChI=1S/C14H18N4S2/c1-7-5-11(14(15)19)6-12(16-7)18-9(3)13-8(2)17-10(4)20-13/h5-6,9H,1-4H3,(H2,15,19)(H,16,18). The van der Waals surface area contributed by atoms with E-state index in [0.717, 1.165) is 27.8 Å². The lowest BCUT2D eigenvalue weighted by molar-refractivity contribution is 0.877. The smallest absolute Gasteiger partial charge is 0.127 e. The molecule has 106 valence electrons. The molecule has 0 aliphatic carbocycles. The van der Waals surface area contributed by atoms with Gasteiger partial charge in [-0.25, -0.2) is 9.97 Å². The largest absolute Gasteiger partial charge is 0.389 e. The minimum atomic E-state index is 0.148. The van der Waals surface area contributed by atoms with Crippen molar-refractivity contribution in [1.82, 2.24) is 9.97 Å². The molecular weight excluding hydrogens is 288 g/mol. The SMILES string of the molecule is Cc1cc(C(N)=S)cc(NC(C)c2sc(C)nc2C)n1. The van der Waals surface area contributed by atoms with E-state index in [9.17, 15) is 0 Å². The molecule has 0 saturated carbocycles. The van der Waals surface area contributed by atoms with E-state index in [2.05, 4.69) is 22.2 Å². The van der Waals surface area contributed by atoms with Crippen molar-refractivity contribution in [3.63, 3.8) is 0 Å². The molecule has 3 N–H and O–H groups in total. The third kappa shape index (κ3) is 3.32. The van der Waals surface area contributed by atoms with Crippen molar-refractivity contribution < 1.29 is 0 Å². The Morgan fingerprint density at radius 3 is 2.55 bits per heavy atom. The van der Waals surface area contributed by atoms with Crippen molar-refractivity contribution in [2.45, 2.75) is 33.7 Å². The first-order chi connectivity index (χ1) is 9.36. The van der Waals surface area contributed by atoms with Gasteiger partial charge in [0.1, 0.15) is 10.8 Å². The molecule has 2 aromatic heterocycles. The van der Waals surface area contributed by atoms with Crippen molar-refractivity contribution in [1.29, 1.82) is 0 Å². The lowest BCUT2D eigenvalue weighted by Gasteiger charge is -2.15. The average molecular weight is 306 g/mol.